The molecule has 2 aromatic rings. The molecule has 0 aliphatic heterocycles. The van der Waals surface area contributed by atoms with E-state index < -0.39 is 0 Å². The Balaban J connectivity index is 2.25. The van der Waals surface area contributed by atoms with E-state index in [1.54, 1.807) is 12.1 Å². The molecule has 0 fully saturated rings. The van der Waals surface area contributed by atoms with Crippen LogP contribution in [-0.2, 0) is 6.54 Å². The molecule has 17 heavy (non-hydrogen) atoms. The number of nitrogens with zero attached hydrogens (tertiary/aromatic N) is 2. The first-order valence-corrected chi connectivity index (χ1v) is 6.84. The molecule has 7 heteroatoms. The summed E-state index contributed by atoms with van der Waals surface area (Å²) in [5, 5.41) is 0. The normalized spacial score (nSPS) is 10.5. The number of carbonyl (C=O) groups is 1. The average Bonchev–Trinajstić information content (AvgIpc) is 2.72. The summed E-state index contributed by atoms with van der Waals surface area (Å²) in [6, 6.07) is 3.32. The fourth-order valence-corrected chi connectivity index (χ4v) is 2.68. The van der Waals surface area contributed by atoms with E-state index in [9.17, 15) is 9.59 Å². The number of rotatable bonds is 3. The monoisotopic (exact) mass is 380 g/mol. The molecule has 0 spiro atoms. The second-order valence-corrected chi connectivity index (χ2v) is 6.08. The molecule has 0 atom stereocenters. The first-order valence-electron chi connectivity index (χ1n) is 4.56. The largest absolute Gasteiger partial charge is 0.291 e. The quantitative estimate of drug-likeness (QED) is 0.607. The minimum Gasteiger partial charge on any atom is -0.291 e. The van der Waals surface area contributed by atoms with Crippen molar-refractivity contribution in [1.29, 1.82) is 0 Å². The van der Waals surface area contributed by atoms with Crippen molar-refractivity contribution in [2.45, 2.75) is 6.54 Å². The van der Waals surface area contributed by atoms with Crippen LogP contribution < -0.4 is 5.56 Å². The smallest absolute Gasteiger partial charge is 0.267 e. The second-order valence-electron chi connectivity index (χ2n) is 3.20. The van der Waals surface area contributed by atoms with Gasteiger partial charge in [-0.15, -0.1) is 11.3 Å². The highest BCUT2D eigenvalue weighted by Crippen LogP contribution is 2.21. The Morgan fingerprint density at radius 2 is 2.29 bits per heavy atom. The van der Waals surface area contributed by atoms with Gasteiger partial charge in [0.05, 0.1) is 25.7 Å². The van der Waals surface area contributed by atoms with Crippen molar-refractivity contribution >= 4 is 51.3 Å². The molecule has 2 heterocycles. The summed E-state index contributed by atoms with van der Waals surface area (Å²) in [5.74, 6) is -0.146. The Morgan fingerprint density at radius 3 is 2.94 bits per heavy atom. The minimum absolute atomic E-state index is 0.0144. The third-order valence-electron chi connectivity index (χ3n) is 2.02. The van der Waals surface area contributed by atoms with Gasteiger partial charge in [-0.05, 0) is 34.7 Å². The van der Waals surface area contributed by atoms with E-state index in [-0.39, 0.29) is 17.9 Å². The van der Waals surface area contributed by atoms with Gasteiger partial charge in [-0.1, -0.05) is 11.6 Å². The predicted molar refractivity (Wildman–Crippen MR) is 74.9 cm³/mol. The van der Waals surface area contributed by atoms with E-state index in [1.165, 1.54) is 28.4 Å². The Kier molecular flexibility index (Phi) is 3.95. The zero-order valence-corrected chi connectivity index (χ0v) is 12.1. The summed E-state index contributed by atoms with van der Waals surface area (Å²) in [7, 11) is 0. The molecule has 0 aromatic carbocycles. The molecule has 0 N–H and O–H groups in total. The number of carbonyl (C=O) groups excluding carboxylic acids is 1. The maximum atomic E-state index is 11.9. The van der Waals surface area contributed by atoms with E-state index in [4.69, 9.17) is 11.6 Å². The topological polar surface area (TPSA) is 52.0 Å². The van der Waals surface area contributed by atoms with Crippen LogP contribution in [0.4, 0.5) is 0 Å². The van der Waals surface area contributed by atoms with Gasteiger partial charge in [0.15, 0.2) is 5.78 Å². The standard InChI is InChI=1S/C10H6ClIN2O2S/c11-9-2-1-8(17-9)7(15)4-14-5-13-3-6(12)10(14)16/h1-3,5H,4H2. The molecule has 0 unspecified atom stereocenters. The molecule has 0 aliphatic rings. The number of hydrogen-bond donors (Lipinski definition) is 0. The molecule has 0 saturated heterocycles. The Hall–Kier alpha value is -0.730. The minimum atomic E-state index is -0.211. The highest BCUT2D eigenvalue weighted by atomic mass is 127. The van der Waals surface area contributed by atoms with Gasteiger partial charge in [-0.3, -0.25) is 14.2 Å². The van der Waals surface area contributed by atoms with Gasteiger partial charge in [-0.2, -0.15) is 0 Å². The van der Waals surface area contributed by atoms with Gasteiger partial charge in [0.2, 0.25) is 0 Å². The summed E-state index contributed by atoms with van der Waals surface area (Å²) < 4.78 is 2.33. The maximum absolute atomic E-state index is 11.9. The molecule has 0 bridgehead atoms. The summed E-state index contributed by atoms with van der Waals surface area (Å²) in [4.78, 5) is 28.0. The Labute approximate surface area is 119 Å². The van der Waals surface area contributed by atoms with Crippen molar-refractivity contribution in [1.82, 2.24) is 9.55 Å². The highest BCUT2D eigenvalue weighted by molar-refractivity contribution is 14.1. The number of hydrogen-bond acceptors (Lipinski definition) is 4. The van der Waals surface area contributed by atoms with Gasteiger partial charge in [0.1, 0.15) is 0 Å². The molecular weight excluding hydrogens is 375 g/mol. The predicted octanol–water partition coefficient (Wildman–Crippen LogP) is 2.45. The Bertz CT molecular complexity index is 623. The molecule has 0 aliphatic carbocycles. The van der Waals surface area contributed by atoms with Crippen LogP contribution in [-0.4, -0.2) is 15.3 Å². The SMILES string of the molecule is O=C(Cn1cncc(I)c1=O)c1ccc(Cl)s1. The number of thiophene rings is 1. The van der Waals surface area contributed by atoms with E-state index in [1.807, 2.05) is 22.6 Å². The van der Waals surface area contributed by atoms with E-state index in [0.29, 0.717) is 12.8 Å². The van der Waals surface area contributed by atoms with Crippen molar-refractivity contribution in [2.24, 2.45) is 0 Å². The molecule has 2 rings (SSSR count). The lowest BCUT2D eigenvalue weighted by atomic mass is 10.3. The zero-order chi connectivity index (χ0) is 12.4. The van der Waals surface area contributed by atoms with E-state index in [0.717, 1.165) is 0 Å². The van der Waals surface area contributed by atoms with Gasteiger partial charge in [0, 0.05) is 6.20 Å². The molecular formula is C10H6ClIN2O2S. The molecule has 0 radical (unpaired) electrons. The number of aromatic nitrogens is 2. The molecule has 0 amide bonds. The van der Waals surface area contributed by atoms with Crippen LogP contribution >= 0.6 is 45.5 Å². The lowest BCUT2D eigenvalue weighted by Crippen LogP contribution is -2.25. The van der Waals surface area contributed by atoms with Crippen LogP contribution in [0.1, 0.15) is 9.67 Å². The van der Waals surface area contributed by atoms with Crippen LogP contribution in [0.25, 0.3) is 0 Å². The van der Waals surface area contributed by atoms with E-state index >= 15 is 0 Å². The first kappa shape index (κ1) is 12.7. The average molecular weight is 381 g/mol. The third kappa shape index (κ3) is 2.93. The number of halogens is 2. The first-order chi connectivity index (χ1) is 8.08. The lowest BCUT2D eigenvalue weighted by molar-refractivity contribution is 0.0974. The van der Waals surface area contributed by atoms with Crippen LogP contribution in [0.15, 0.2) is 29.5 Å². The molecule has 88 valence electrons. The third-order valence-corrected chi connectivity index (χ3v) is 4.03. The van der Waals surface area contributed by atoms with Crippen molar-refractivity contribution in [3.05, 3.63) is 47.8 Å². The van der Waals surface area contributed by atoms with Gasteiger partial charge >= 0.3 is 0 Å². The fourth-order valence-electron chi connectivity index (χ4n) is 1.23. The highest BCUT2D eigenvalue weighted by Gasteiger charge is 2.11. The van der Waals surface area contributed by atoms with Gasteiger partial charge in [-0.25, -0.2) is 4.98 Å². The van der Waals surface area contributed by atoms with Gasteiger partial charge < -0.3 is 0 Å². The van der Waals surface area contributed by atoms with Crippen LogP contribution in [0, 0.1) is 3.57 Å². The molecule has 4 nitrogen and oxygen atoms in total. The van der Waals surface area contributed by atoms with Crippen LogP contribution in [0.3, 0.4) is 0 Å². The van der Waals surface area contributed by atoms with Crippen molar-refractivity contribution < 1.29 is 4.79 Å². The zero-order valence-electron chi connectivity index (χ0n) is 8.39. The Morgan fingerprint density at radius 1 is 1.53 bits per heavy atom. The van der Waals surface area contributed by atoms with Crippen molar-refractivity contribution in [3.8, 4) is 0 Å². The summed E-state index contributed by atoms with van der Waals surface area (Å²) >= 11 is 8.84. The van der Waals surface area contributed by atoms with Crippen LogP contribution in [0.2, 0.25) is 4.34 Å². The van der Waals surface area contributed by atoms with Gasteiger partial charge in [0.25, 0.3) is 5.56 Å². The number of Topliss-reactive ketones (excluding diaryl/α,β-unsaturated/α-hetero) is 1. The summed E-state index contributed by atoms with van der Waals surface area (Å²) in [6.45, 7) is -0.0144. The van der Waals surface area contributed by atoms with Crippen molar-refractivity contribution in [2.75, 3.05) is 0 Å². The summed E-state index contributed by atoms with van der Waals surface area (Å²) in [6.07, 6.45) is 2.82. The lowest BCUT2D eigenvalue weighted by Gasteiger charge is -2.02. The second kappa shape index (κ2) is 5.28. The summed E-state index contributed by atoms with van der Waals surface area (Å²) in [5.41, 5.74) is -0.211. The van der Waals surface area contributed by atoms with Crippen LogP contribution in [0.5, 0.6) is 0 Å². The number of ketones is 1. The maximum Gasteiger partial charge on any atom is 0.267 e. The van der Waals surface area contributed by atoms with Crippen molar-refractivity contribution in [3.63, 3.8) is 0 Å². The molecule has 2 aromatic heterocycles. The molecule has 0 saturated carbocycles. The van der Waals surface area contributed by atoms with E-state index in [2.05, 4.69) is 4.98 Å². The fraction of sp³-hybridized carbons (Fsp3) is 0.100.